The molecule has 1 atom stereocenters. The van der Waals surface area contributed by atoms with Gasteiger partial charge in [-0.25, -0.2) is 0 Å². The highest BCUT2D eigenvalue weighted by Crippen LogP contribution is 2.20. The lowest BCUT2D eigenvalue weighted by atomic mass is 9.98. The number of aliphatic hydroxyl groups excluding tert-OH is 1. The highest BCUT2D eigenvalue weighted by atomic mass is 35.5. The Labute approximate surface area is 162 Å². The van der Waals surface area contributed by atoms with E-state index in [9.17, 15) is 14.7 Å². The van der Waals surface area contributed by atoms with Gasteiger partial charge in [0.05, 0.1) is 11.7 Å². The summed E-state index contributed by atoms with van der Waals surface area (Å²) in [6, 6.07) is 20.2. The summed E-state index contributed by atoms with van der Waals surface area (Å²) in [4.78, 5) is 25.6. The number of amides is 1. The molecule has 0 aliphatic carbocycles. The van der Waals surface area contributed by atoms with Crippen molar-refractivity contribution in [3.8, 4) is 0 Å². The van der Waals surface area contributed by atoms with E-state index in [1.54, 1.807) is 79.7 Å². The van der Waals surface area contributed by atoms with E-state index in [0.717, 1.165) is 0 Å². The third-order valence-corrected chi connectivity index (χ3v) is 4.40. The van der Waals surface area contributed by atoms with Gasteiger partial charge in [-0.1, -0.05) is 41.9 Å². The van der Waals surface area contributed by atoms with Crippen LogP contribution in [0.4, 0.5) is 5.69 Å². The van der Waals surface area contributed by atoms with E-state index in [1.807, 2.05) is 0 Å². The maximum absolute atomic E-state index is 12.8. The summed E-state index contributed by atoms with van der Waals surface area (Å²) in [7, 11) is 0. The van der Waals surface area contributed by atoms with Crippen LogP contribution in [0.25, 0.3) is 0 Å². The smallest absolute Gasteiger partial charge is 0.256 e. The normalized spacial score (nSPS) is 11.7. The number of nitrogens with one attached hydrogen (secondary N) is 1. The van der Waals surface area contributed by atoms with Crippen LogP contribution in [0, 0.1) is 0 Å². The molecule has 0 saturated carbocycles. The number of hydrogen-bond acceptors (Lipinski definition) is 3. The van der Waals surface area contributed by atoms with Crippen molar-refractivity contribution in [1.82, 2.24) is 0 Å². The van der Waals surface area contributed by atoms with E-state index in [2.05, 4.69) is 5.32 Å². The van der Waals surface area contributed by atoms with Crippen molar-refractivity contribution in [1.29, 1.82) is 0 Å². The van der Waals surface area contributed by atoms with Crippen LogP contribution < -0.4 is 5.32 Å². The van der Waals surface area contributed by atoms with Gasteiger partial charge in [0.15, 0.2) is 5.78 Å². The number of rotatable bonds is 5. The first-order chi connectivity index (χ1) is 13.0. The molecule has 136 valence electrons. The molecule has 0 aliphatic heterocycles. The number of carbonyl (C=O) groups is 2. The molecule has 3 aromatic rings. The summed E-state index contributed by atoms with van der Waals surface area (Å²) in [5.41, 5.74) is 2.28. The highest BCUT2D eigenvalue weighted by Gasteiger charge is 2.18. The summed E-state index contributed by atoms with van der Waals surface area (Å²) in [5, 5.41) is 13.0. The molecule has 0 heterocycles. The lowest BCUT2D eigenvalue weighted by Crippen LogP contribution is -2.17. The molecule has 0 radical (unpaired) electrons. The van der Waals surface area contributed by atoms with Crippen LogP contribution in [0.1, 0.15) is 44.9 Å². The van der Waals surface area contributed by atoms with Gasteiger partial charge in [-0.05, 0) is 55.0 Å². The molecule has 0 bridgehead atoms. The molecule has 4 nitrogen and oxygen atoms in total. The van der Waals surface area contributed by atoms with Crippen molar-refractivity contribution in [3.63, 3.8) is 0 Å². The molecule has 0 aromatic heterocycles. The van der Waals surface area contributed by atoms with Crippen LogP contribution in [0.5, 0.6) is 0 Å². The lowest BCUT2D eigenvalue weighted by molar-refractivity contribution is 0.0996. The van der Waals surface area contributed by atoms with Gasteiger partial charge in [0, 0.05) is 21.8 Å². The molecule has 0 fully saturated rings. The van der Waals surface area contributed by atoms with Gasteiger partial charge in [0.2, 0.25) is 0 Å². The Balaban J connectivity index is 1.89. The van der Waals surface area contributed by atoms with E-state index in [4.69, 9.17) is 11.6 Å². The Morgan fingerprint density at radius 2 is 1.59 bits per heavy atom. The molecular formula is C22H18ClNO3. The Morgan fingerprint density at radius 1 is 0.926 bits per heavy atom. The summed E-state index contributed by atoms with van der Waals surface area (Å²) in [6.07, 6.45) is -0.638. The van der Waals surface area contributed by atoms with Crippen LogP contribution in [0.3, 0.4) is 0 Å². The van der Waals surface area contributed by atoms with Crippen molar-refractivity contribution < 1.29 is 14.7 Å². The van der Waals surface area contributed by atoms with E-state index in [0.29, 0.717) is 27.4 Å². The monoisotopic (exact) mass is 379 g/mol. The Hall–Kier alpha value is -2.95. The van der Waals surface area contributed by atoms with Crippen LogP contribution in [0.15, 0.2) is 72.8 Å². The zero-order chi connectivity index (χ0) is 19.4. The van der Waals surface area contributed by atoms with E-state index >= 15 is 0 Å². The van der Waals surface area contributed by atoms with Crippen LogP contribution in [-0.4, -0.2) is 16.8 Å². The highest BCUT2D eigenvalue weighted by molar-refractivity contribution is 6.30. The van der Waals surface area contributed by atoms with Crippen molar-refractivity contribution in [2.24, 2.45) is 0 Å². The summed E-state index contributed by atoms with van der Waals surface area (Å²) < 4.78 is 0. The number of benzene rings is 3. The maximum Gasteiger partial charge on any atom is 0.256 e. The molecule has 0 spiro atoms. The largest absolute Gasteiger partial charge is 0.389 e. The second-order valence-electron chi connectivity index (χ2n) is 6.14. The third kappa shape index (κ3) is 4.42. The van der Waals surface area contributed by atoms with E-state index < -0.39 is 12.0 Å². The van der Waals surface area contributed by atoms with Crippen LogP contribution in [-0.2, 0) is 0 Å². The average Bonchev–Trinajstić information content (AvgIpc) is 2.68. The number of halogens is 1. The fourth-order valence-electron chi connectivity index (χ4n) is 2.71. The number of hydrogen-bond donors (Lipinski definition) is 2. The van der Waals surface area contributed by atoms with Crippen molar-refractivity contribution in [3.05, 3.63) is 100 Å². The minimum absolute atomic E-state index is 0.254. The predicted octanol–water partition coefficient (Wildman–Crippen LogP) is 4.88. The van der Waals surface area contributed by atoms with Gasteiger partial charge < -0.3 is 10.4 Å². The first kappa shape index (κ1) is 18.8. The number of aliphatic hydroxyl groups is 1. The molecule has 0 aliphatic rings. The Kier molecular flexibility index (Phi) is 5.69. The van der Waals surface area contributed by atoms with Gasteiger partial charge >= 0.3 is 0 Å². The van der Waals surface area contributed by atoms with Crippen molar-refractivity contribution in [2.45, 2.75) is 13.0 Å². The van der Waals surface area contributed by atoms with Crippen molar-refractivity contribution in [2.75, 3.05) is 5.32 Å². The molecule has 3 rings (SSSR count). The van der Waals surface area contributed by atoms with E-state index in [1.165, 1.54) is 0 Å². The number of carbonyl (C=O) groups excluding carboxylic acids is 2. The summed E-state index contributed by atoms with van der Waals surface area (Å²) >= 11 is 5.88. The fraction of sp³-hybridized carbons (Fsp3) is 0.0909. The fourth-order valence-corrected chi connectivity index (χ4v) is 2.84. The summed E-state index contributed by atoms with van der Waals surface area (Å²) in [5.74, 6) is -0.647. The van der Waals surface area contributed by atoms with Crippen LogP contribution >= 0.6 is 11.6 Å². The zero-order valence-corrected chi connectivity index (χ0v) is 15.4. The Morgan fingerprint density at radius 3 is 2.26 bits per heavy atom. The maximum atomic E-state index is 12.8. The van der Waals surface area contributed by atoms with Crippen LogP contribution in [0.2, 0.25) is 5.02 Å². The number of ketones is 1. The average molecular weight is 380 g/mol. The van der Waals surface area contributed by atoms with Gasteiger partial charge in [-0.2, -0.15) is 0 Å². The first-order valence-electron chi connectivity index (χ1n) is 8.44. The minimum Gasteiger partial charge on any atom is -0.389 e. The molecule has 1 amide bonds. The molecule has 5 heteroatoms. The molecule has 0 unspecified atom stereocenters. The molecule has 2 N–H and O–H groups in total. The molecular weight excluding hydrogens is 362 g/mol. The third-order valence-electron chi connectivity index (χ3n) is 4.15. The SMILES string of the molecule is C[C@@H](O)c1cccc(NC(=O)c2ccccc2C(=O)c2ccc(Cl)cc2)c1. The summed E-state index contributed by atoms with van der Waals surface area (Å²) in [6.45, 7) is 1.65. The zero-order valence-electron chi connectivity index (χ0n) is 14.6. The topological polar surface area (TPSA) is 66.4 Å². The quantitative estimate of drug-likeness (QED) is 0.621. The number of anilines is 1. The van der Waals surface area contributed by atoms with Gasteiger partial charge in [0.1, 0.15) is 0 Å². The lowest BCUT2D eigenvalue weighted by Gasteiger charge is -2.11. The minimum atomic E-state index is -0.638. The standard InChI is InChI=1S/C22H18ClNO3/c1-14(25)16-5-4-6-18(13-16)24-22(27)20-8-3-2-7-19(20)21(26)15-9-11-17(23)12-10-15/h2-14,25H,1H3,(H,24,27)/t14-/m1/s1. The second-order valence-corrected chi connectivity index (χ2v) is 6.57. The second kappa shape index (κ2) is 8.16. The van der Waals surface area contributed by atoms with Gasteiger partial charge in [-0.15, -0.1) is 0 Å². The Bertz CT molecular complexity index is 981. The predicted molar refractivity (Wildman–Crippen MR) is 106 cm³/mol. The van der Waals surface area contributed by atoms with Gasteiger partial charge in [0.25, 0.3) is 5.91 Å². The van der Waals surface area contributed by atoms with Crippen molar-refractivity contribution >= 4 is 29.0 Å². The molecule has 3 aromatic carbocycles. The van der Waals surface area contributed by atoms with E-state index in [-0.39, 0.29) is 11.3 Å². The molecule has 27 heavy (non-hydrogen) atoms. The first-order valence-corrected chi connectivity index (χ1v) is 8.82. The molecule has 0 saturated heterocycles. The van der Waals surface area contributed by atoms with Gasteiger partial charge in [-0.3, -0.25) is 9.59 Å².